The van der Waals surface area contributed by atoms with Gasteiger partial charge < -0.3 is 30.3 Å². The first-order valence-electron chi connectivity index (χ1n) is 12.8. The van der Waals surface area contributed by atoms with E-state index in [9.17, 15) is 39.3 Å². The van der Waals surface area contributed by atoms with Crippen molar-refractivity contribution in [3.8, 4) is 17.2 Å². The maximum Gasteiger partial charge on any atom is 0.226 e. The van der Waals surface area contributed by atoms with Crippen LogP contribution in [0.4, 0.5) is 0 Å². The first-order valence-corrected chi connectivity index (χ1v) is 13.9. The molecule has 1 aliphatic heterocycles. The van der Waals surface area contributed by atoms with Crippen molar-refractivity contribution in [2.24, 2.45) is 5.41 Å². The van der Waals surface area contributed by atoms with Crippen LogP contribution in [-0.4, -0.2) is 59.0 Å². The number of phenolic OH excluding ortho intramolecular Hbond substituents is 2. The van der Waals surface area contributed by atoms with Crippen molar-refractivity contribution in [2.75, 3.05) is 7.11 Å². The number of benzene rings is 2. The molecule has 1 spiro atoms. The van der Waals surface area contributed by atoms with Crippen LogP contribution in [0.2, 0.25) is 0 Å². The van der Waals surface area contributed by atoms with Gasteiger partial charge in [-0.1, -0.05) is 25.5 Å². The molecule has 2 aromatic carbocycles. The lowest BCUT2D eigenvalue weighted by atomic mass is 9.54. The summed E-state index contributed by atoms with van der Waals surface area (Å²) in [5.74, 6) is -3.94. The van der Waals surface area contributed by atoms with Crippen LogP contribution in [0.15, 0.2) is 33.9 Å². The van der Waals surface area contributed by atoms with Crippen LogP contribution in [0.1, 0.15) is 68.4 Å². The van der Waals surface area contributed by atoms with E-state index in [1.165, 1.54) is 20.1 Å². The van der Waals surface area contributed by atoms with Crippen molar-refractivity contribution in [3.63, 3.8) is 0 Å². The summed E-state index contributed by atoms with van der Waals surface area (Å²) < 4.78 is 20.1. The third-order valence-corrected chi connectivity index (χ3v) is 11.7. The van der Waals surface area contributed by atoms with Crippen molar-refractivity contribution >= 4 is 33.1 Å². The number of phenols is 2. The summed E-state index contributed by atoms with van der Waals surface area (Å²) in [5.41, 5.74) is -3.15. The van der Waals surface area contributed by atoms with Crippen molar-refractivity contribution < 1.29 is 44.1 Å². The van der Waals surface area contributed by atoms with E-state index in [4.69, 9.17) is 4.74 Å². The molecule has 10 heteroatoms. The molecule has 4 atom stereocenters. The second-order valence-corrected chi connectivity index (χ2v) is 13.4. The van der Waals surface area contributed by atoms with E-state index in [0.29, 0.717) is 22.3 Å². The summed E-state index contributed by atoms with van der Waals surface area (Å²) in [5, 5.41) is 56.9. The number of allylic oxidation sites excluding steroid dienone is 3. The van der Waals surface area contributed by atoms with E-state index in [0.717, 1.165) is 18.4 Å². The first-order chi connectivity index (χ1) is 18.1. The molecule has 206 valence electrons. The number of aromatic hydroxyl groups is 2. The molecule has 4 unspecified atom stereocenters. The van der Waals surface area contributed by atoms with Crippen LogP contribution in [0.25, 0.3) is 10.8 Å². The van der Waals surface area contributed by atoms with E-state index in [2.05, 4.69) is 19.9 Å². The minimum Gasteiger partial charge on any atom is -0.508 e. The van der Waals surface area contributed by atoms with Gasteiger partial charge in [-0.2, -0.15) is 0 Å². The molecule has 0 fully saturated rings. The molecule has 0 aromatic heterocycles. The summed E-state index contributed by atoms with van der Waals surface area (Å²) in [4.78, 5) is 23.6. The monoisotopic (exact) mass is 554 g/mol. The van der Waals surface area contributed by atoms with Gasteiger partial charge in [-0.15, -0.1) is 0 Å². The molecule has 5 N–H and O–H groups in total. The number of carbonyl (C=O) groups is 2. The molecule has 0 bridgehead atoms. The van der Waals surface area contributed by atoms with Crippen molar-refractivity contribution in [1.82, 2.24) is 0 Å². The Morgan fingerprint density at radius 2 is 1.69 bits per heavy atom. The highest BCUT2D eigenvalue weighted by Gasteiger charge is 2.70. The van der Waals surface area contributed by atoms with Gasteiger partial charge in [0.25, 0.3) is 0 Å². The Hall–Kier alpha value is -3.21. The maximum atomic E-state index is 14.3. The van der Waals surface area contributed by atoms with E-state index < -0.39 is 61.8 Å². The largest absolute Gasteiger partial charge is 0.508 e. The molecular formula is C29H30O9S. The molecule has 0 radical (unpaired) electrons. The lowest BCUT2D eigenvalue weighted by molar-refractivity contribution is -0.129. The van der Waals surface area contributed by atoms with Gasteiger partial charge in [-0.05, 0) is 44.1 Å². The number of hydrogen-bond acceptors (Lipinski definition) is 9. The predicted molar refractivity (Wildman–Crippen MR) is 142 cm³/mol. The summed E-state index contributed by atoms with van der Waals surface area (Å²) >= 11 is 0. The number of ether oxygens (including phenoxy) is 1. The Balaban J connectivity index is 1.82. The second kappa shape index (κ2) is 7.50. The Bertz CT molecular complexity index is 1660. The average Bonchev–Trinajstić information content (AvgIpc) is 3.23. The van der Waals surface area contributed by atoms with Gasteiger partial charge in [0.05, 0.1) is 40.2 Å². The van der Waals surface area contributed by atoms with E-state index in [-0.39, 0.29) is 33.4 Å². The molecule has 0 amide bonds. The van der Waals surface area contributed by atoms with Gasteiger partial charge in [0.1, 0.15) is 23.0 Å². The fourth-order valence-corrected chi connectivity index (χ4v) is 9.42. The molecule has 0 saturated carbocycles. The fraction of sp³-hybridized carbons (Fsp3) is 0.448. The normalized spacial score (nSPS) is 32.9. The average molecular weight is 555 g/mol. The number of aliphatic hydroxyl groups excluding tert-OH is 1. The Labute approximate surface area is 226 Å². The number of fused-ring (bicyclic) bond motifs is 4. The lowest BCUT2D eigenvalue weighted by Crippen LogP contribution is -2.68. The SMILES string of the molecule is COc1cc(O)c2c(O)c3c(c4c2c1C1(C4)C(C)=CCCC1(C)C)S(=O)C1(O)CC(=O)C(C)=C(O)C1(O)C3=O. The lowest BCUT2D eigenvalue weighted by Gasteiger charge is -2.49. The molecule has 39 heavy (non-hydrogen) atoms. The smallest absolute Gasteiger partial charge is 0.226 e. The minimum absolute atomic E-state index is 0.0722. The van der Waals surface area contributed by atoms with Crippen molar-refractivity contribution in [1.29, 1.82) is 0 Å². The first kappa shape index (κ1) is 26.0. The zero-order valence-corrected chi connectivity index (χ0v) is 23.1. The fourth-order valence-electron chi connectivity index (χ4n) is 7.59. The van der Waals surface area contributed by atoms with E-state index in [1.54, 1.807) is 0 Å². The van der Waals surface area contributed by atoms with Crippen LogP contribution in [0, 0.1) is 5.41 Å². The third-order valence-electron chi connectivity index (χ3n) is 9.81. The third kappa shape index (κ3) is 2.61. The number of rotatable bonds is 1. The molecule has 1 heterocycles. The molecule has 9 nitrogen and oxygen atoms in total. The number of methoxy groups -OCH3 is 1. The topological polar surface area (TPSA) is 162 Å². The van der Waals surface area contributed by atoms with Gasteiger partial charge in [0.2, 0.25) is 11.4 Å². The second-order valence-electron chi connectivity index (χ2n) is 11.8. The Kier molecular flexibility index (Phi) is 5.00. The van der Waals surface area contributed by atoms with Crippen LogP contribution in [0.3, 0.4) is 0 Å². The number of aliphatic hydroxyl groups is 3. The molecule has 0 saturated heterocycles. The van der Waals surface area contributed by atoms with Crippen LogP contribution < -0.4 is 4.74 Å². The zero-order chi connectivity index (χ0) is 28.6. The molecule has 2 aromatic rings. The number of ketones is 2. The van der Waals surface area contributed by atoms with Crippen LogP contribution >= 0.6 is 0 Å². The van der Waals surface area contributed by atoms with Crippen LogP contribution in [0.5, 0.6) is 17.2 Å². The van der Waals surface area contributed by atoms with Crippen molar-refractivity contribution in [3.05, 3.63) is 45.7 Å². The highest BCUT2D eigenvalue weighted by atomic mass is 32.2. The van der Waals surface area contributed by atoms with Gasteiger partial charge in [-0.3, -0.25) is 13.8 Å². The summed E-state index contributed by atoms with van der Waals surface area (Å²) in [6, 6.07) is 1.37. The zero-order valence-electron chi connectivity index (χ0n) is 22.3. The summed E-state index contributed by atoms with van der Waals surface area (Å²) in [6.07, 6.45) is 3.06. The van der Waals surface area contributed by atoms with Gasteiger partial charge in [-0.25, -0.2) is 0 Å². The highest BCUT2D eigenvalue weighted by Crippen LogP contribution is 2.66. The number of hydrogen-bond donors (Lipinski definition) is 5. The van der Waals surface area contributed by atoms with Crippen molar-refractivity contribution in [2.45, 2.75) is 74.2 Å². The molecule has 6 rings (SSSR count). The van der Waals surface area contributed by atoms with Gasteiger partial charge >= 0.3 is 0 Å². The van der Waals surface area contributed by atoms with Crippen LogP contribution in [-0.2, 0) is 27.4 Å². The maximum absolute atomic E-state index is 14.3. The number of Topliss-reactive ketones (excluding diaryl/α,β-unsaturated/α-hetero) is 2. The van der Waals surface area contributed by atoms with E-state index in [1.807, 2.05) is 6.92 Å². The highest BCUT2D eigenvalue weighted by molar-refractivity contribution is 7.86. The molecular weight excluding hydrogens is 524 g/mol. The summed E-state index contributed by atoms with van der Waals surface area (Å²) in [7, 11) is -1.20. The Morgan fingerprint density at radius 3 is 2.31 bits per heavy atom. The standard InChI is InChI=1S/C29H30O9S/c1-12-7-6-8-26(3,4)27(12)10-14-18-19(15(30)9-17(38-5)21(18)27)22(32)20-23(14)39(37)28(35)11-16(31)13(2)24(33)29(28,36)25(20)34/h7,9,30,32-33,35-36H,6,8,10-11H2,1-5H3. The van der Waals surface area contributed by atoms with Gasteiger partial charge in [0.15, 0.2) is 10.7 Å². The minimum atomic E-state index is -3.14. The predicted octanol–water partition coefficient (Wildman–Crippen LogP) is 3.35. The summed E-state index contributed by atoms with van der Waals surface area (Å²) in [6.45, 7) is 7.37. The number of carbonyl (C=O) groups excluding carboxylic acids is 2. The van der Waals surface area contributed by atoms with E-state index >= 15 is 0 Å². The molecule has 4 aliphatic rings. The quantitative estimate of drug-likeness (QED) is 0.333. The molecule has 3 aliphatic carbocycles. The Morgan fingerprint density at radius 1 is 1.03 bits per heavy atom. The van der Waals surface area contributed by atoms with Gasteiger partial charge in [0, 0.05) is 28.0 Å².